The number of carbonyl (C=O) groups excluding carboxylic acids is 5. The van der Waals surface area contributed by atoms with Gasteiger partial charge in [-0.15, -0.1) is 0 Å². The summed E-state index contributed by atoms with van der Waals surface area (Å²) in [6.07, 6.45) is 3.47. The molecule has 0 unspecified atom stereocenters. The van der Waals surface area contributed by atoms with E-state index in [9.17, 15) is 29.1 Å². The zero-order chi connectivity index (χ0) is 51.9. The van der Waals surface area contributed by atoms with E-state index in [0.29, 0.717) is 145 Å². The van der Waals surface area contributed by atoms with Gasteiger partial charge in [0.15, 0.2) is 0 Å². The fourth-order valence-corrected chi connectivity index (χ4v) is 9.44. The van der Waals surface area contributed by atoms with Crippen molar-refractivity contribution in [1.82, 2.24) is 26.6 Å². The van der Waals surface area contributed by atoms with E-state index in [1.54, 1.807) is 54.6 Å². The maximum absolute atomic E-state index is 12.6. The fourth-order valence-electron chi connectivity index (χ4n) is 7.37. The molecule has 5 rings (SSSR count). The summed E-state index contributed by atoms with van der Waals surface area (Å²) in [6.45, 7) is 6.40. The molecule has 5 amide bonds. The lowest BCUT2D eigenvalue weighted by molar-refractivity contribution is -0.254. The Morgan fingerprint density at radius 1 is 0.644 bits per heavy atom. The highest BCUT2D eigenvalue weighted by atomic mass is 35.5. The summed E-state index contributed by atoms with van der Waals surface area (Å²) in [5.74, 6) is -0.279. The van der Waals surface area contributed by atoms with E-state index in [1.165, 1.54) is 6.07 Å². The van der Waals surface area contributed by atoms with Crippen LogP contribution in [-0.4, -0.2) is 165 Å². The molecule has 3 atom stereocenters. The standard InChI is InChI=1S/C50H68Cl2N6O14S/c51-39-14-11-36(45(52)46(39)56-40-6-2-1-5-38(40)49(62)63)33-72-37-12-9-35(10-13-37)48(61)55-18-22-68-26-30-70-28-24-67-21-17-54-44(60)15-19-65-23-27-69-31-32-71-29-25-66-20-16-53-43(59)8-4-3-7-42-47-41(34-73-42)57-50(64)58-47/h1-2,5-6,9-14,41-42,47,56H,3-4,7-8,15-34H2,(H,53,59)(H,54,60)(H,55,61)(H,62,63)(H2,57,58,64)/p-1/t41-,42-,47-/m0/s1. The molecule has 0 aromatic heterocycles. The van der Waals surface area contributed by atoms with Gasteiger partial charge in [-0.05, 0) is 49.2 Å². The SMILES string of the molecule is O=C(CCCC[C@@H]1SC[C@@H]2NC(=O)N[C@@H]21)NCCOCCOCCOCCOCCC(=O)NCCOCCOCCOCCNC(=O)c1ccc(OCc2ccc(Cl)c(Nc3ccccc3C(=O)[O-])c2Cl)cc1. The first-order valence-electron chi connectivity index (χ1n) is 24.4. The molecule has 2 saturated heterocycles. The second-order valence-corrected chi connectivity index (χ2v) is 18.6. The quantitative estimate of drug-likeness (QED) is 0.0350. The monoisotopic (exact) mass is 1080 g/mol. The van der Waals surface area contributed by atoms with Gasteiger partial charge in [0.05, 0.1) is 126 Å². The number of benzene rings is 3. The van der Waals surface area contributed by atoms with Crippen LogP contribution in [0.15, 0.2) is 60.7 Å². The number of unbranched alkanes of at least 4 members (excludes halogenated alkanes) is 1. The number of carbonyl (C=O) groups is 5. The van der Waals surface area contributed by atoms with E-state index in [4.69, 9.17) is 61.1 Å². The van der Waals surface area contributed by atoms with Crippen molar-refractivity contribution >= 4 is 76.1 Å². The lowest BCUT2D eigenvalue weighted by Gasteiger charge is -2.17. The van der Waals surface area contributed by atoms with Crippen LogP contribution >= 0.6 is 35.0 Å². The molecule has 0 spiro atoms. The Morgan fingerprint density at radius 3 is 1.82 bits per heavy atom. The zero-order valence-corrected chi connectivity index (χ0v) is 43.2. The molecule has 20 nitrogen and oxygen atoms in total. The topological polar surface area (TPSA) is 254 Å². The molecule has 2 heterocycles. The van der Waals surface area contributed by atoms with Gasteiger partial charge in [0.25, 0.3) is 5.91 Å². The van der Waals surface area contributed by atoms with Gasteiger partial charge in [-0.2, -0.15) is 11.8 Å². The van der Waals surface area contributed by atoms with Crippen molar-refractivity contribution in [2.45, 2.75) is 56.0 Å². The van der Waals surface area contributed by atoms with Gasteiger partial charge >= 0.3 is 6.03 Å². The van der Waals surface area contributed by atoms with Crippen LogP contribution in [0.25, 0.3) is 0 Å². The van der Waals surface area contributed by atoms with Crippen molar-refractivity contribution in [1.29, 1.82) is 0 Å². The van der Waals surface area contributed by atoms with Crippen molar-refractivity contribution < 1.29 is 67.0 Å². The highest BCUT2D eigenvalue weighted by Crippen LogP contribution is 2.37. The zero-order valence-electron chi connectivity index (χ0n) is 40.9. The maximum Gasteiger partial charge on any atom is 0.315 e. The summed E-state index contributed by atoms with van der Waals surface area (Å²) in [7, 11) is 0. The van der Waals surface area contributed by atoms with E-state index in [1.807, 2.05) is 11.8 Å². The van der Waals surface area contributed by atoms with E-state index in [0.717, 1.165) is 25.0 Å². The molecule has 0 radical (unpaired) electrons. The predicted molar refractivity (Wildman–Crippen MR) is 274 cm³/mol. The van der Waals surface area contributed by atoms with Crippen LogP contribution in [-0.2, 0) is 49.4 Å². The van der Waals surface area contributed by atoms with E-state index in [-0.39, 0.29) is 71.7 Å². The van der Waals surface area contributed by atoms with E-state index < -0.39 is 5.97 Å². The number of amides is 5. The number of thioether (sulfide) groups is 1. The molecule has 0 saturated carbocycles. The molecular weight excluding hydrogens is 1010 g/mol. The average Bonchev–Trinajstić information content (AvgIpc) is 3.95. The number of urea groups is 1. The lowest BCUT2D eigenvalue weighted by Crippen LogP contribution is -2.36. The molecule has 73 heavy (non-hydrogen) atoms. The van der Waals surface area contributed by atoms with Crippen LogP contribution in [0.5, 0.6) is 5.75 Å². The van der Waals surface area contributed by atoms with Gasteiger partial charge in [-0.25, -0.2) is 4.79 Å². The normalized spacial score (nSPS) is 15.8. The summed E-state index contributed by atoms with van der Waals surface area (Å²) in [6, 6.07) is 16.6. The maximum atomic E-state index is 12.6. The summed E-state index contributed by atoms with van der Waals surface area (Å²) < 4.78 is 44.4. The van der Waals surface area contributed by atoms with Crippen LogP contribution in [0.3, 0.4) is 0 Å². The van der Waals surface area contributed by atoms with Crippen LogP contribution in [0, 0.1) is 0 Å². The van der Waals surface area contributed by atoms with Crippen molar-refractivity contribution in [3.8, 4) is 5.75 Å². The number of carboxylic acid groups (broad SMARTS) is 1. The van der Waals surface area contributed by atoms with Gasteiger partial charge in [0.1, 0.15) is 12.4 Å². The minimum absolute atomic E-state index is 0.0190. The number of nitrogens with one attached hydrogen (secondary N) is 6. The van der Waals surface area contributed by atoms with Crippen LogP contribution in [0.2, 0.25) is 10.0 Å². The highest BCUT2D eigenvalue weighted by Gasteiger charge is 2.42. The molecule has 0 bridgehead atoms. The number of anilines is 2. The third-order valence-corrected chi connectivity index (χ3v) is 13.4. The number of ether oxygens (including phenoxy) is 8. The Hall–Kier alpha value is -4.94. The average molecular weight is 1080 g/mol. The molecule has 3 aromatic carbocycles. The van der Waals surface area contributed by atoms with Gasteiger partial charge in [0, 0.05) is 65.9 Å². The first-order chi connectivity index (χ1) is 35.6. The first kappa shape index (κ1) is 58.9. The van der Waals surface area contributed by atoms with Gasteiger partial charge in [-0.1, -0.05) is 53.9 Å². The minimum Gasteiger partial charge on any atom is -0.545 e. The van der Waals surface area contributed by atoms with Crippen LogP contribution < -0.4 is 41.7 Å². The Kier molecular flexibility index (Phi) is 27.9. The Balaban J connectivity index is 0.730. The number of halogens is 2. The molecule has 2 aliphatic rings. The third-order valence-electron chi connectivity index (χ3n) is 11.2. The van der Waals surface area contributed by atoms with Crippen molar-refractivity contribution in [2.24, 2.45) is 0 Å². The minimum atomic E-state index is -1.34. The Bertz CT molecular complexity index is 2170. The molecule has 2 fully saturated rings. The van der Waals surface area contributed by atoms with Gasteiger partial charge in [0.2, 0.25) is 11.8 Å². The van der Waals surface area contributed by atoms with Gasteiger partial charge in [-0.3, -0.25) is 14.4 Å². The second kappa shape index (κ2) is 34.5. The molecule has 23 heteroatoms. The number of fused-ring (bicyclic) bond motifs is 1. The summed E-state index contributed by atoms with van der Waals surface area (Å²) in [5.41, 5.74) is 1.61. The number of para-hydroxylation sites is 1. The highest BCUT2D eigenvalue weighted by molar-refractivity contribution is 8.00. The van der Waals surface area contributed by atoms with E-state index in [2.05, 4.69) is 31.9 Å². The number of carboxylic acids is 1. The fraction of sp³-hybridized carbons (Fsp3) is 0.540. The Labute approximate surface area is 440 Å². The smallest absolute Gasteiger partial charge is 0.315 e. The van der Waals surface area contributed by atoms with Crippen molar-refractivity contribution in [2.75, 3.05) is 123 Å². The first-order valence-corrected chi connectivity index (χ1v) is 26.2. The van der Waals surface area contributed by atoms with Gasteiger partial charge < -0.3 is 79.7 Å². The third kappa shape index (κ3) is 22.6. The summed E-state index contributed by atoms with van der Waals surface area (Å²) >= 11 is 14.9. The van der Waals surface area contributed by atoms with Crippen LogP contribution in [0.4, 0.5) is 16.2 Å². The summed E-state index contributed by atoms with van der Waals surface area (Å²) in [4.78, 5) is 59.8. The van der Waals surface area contributed by atoms with E-state index >= 15 is 0 Å². The number of aromatic carboxylic acids is 1. The molecular formula is C50H67Cl2N6O14S-. The number of hydrogen-bond donors (Lipinski definition) is 6. The second-order valence-electron chi connectivity index (χ2n) is 16.5. The molecule has 2 aliphatic heterocycles. The van der Waals surface area contributed by atoms with Crippen molar-refractivity contribution in [3.05, 3.63) is 87.4 Å². The molecule has 0 aliphatic carbocycles. The number of rotatable bonds is 39. The largest absolute Gasteiger partial charge is 0.545 e. The number of hydrogen-bond acceptors (Lipinski definition) is 16. The lowest BCUT2D eigenvalue weighted by atomic mass is 10.0. The Morgan fingerprint density at radius 2 is 1.21 bits per heavy atom. The molecule has 6 N–H and O–H groups in total. The van der Waals surface area contributed by atoms with Crippen molar-refractivity contribution in [3.63, 3.8) is 0 Å². The molecule has 3 aromatic rings. The molecule has 402 valence electrons. The predicted octanol–water partition coefficient (Wildman–Crippen LogP) is 3.87. The summed E-state index contributed by atoms with van der Waals surface area (Å²) in [5, 5.41) is 29.9. The van der Waals surface area contributed by atoms with Crippen LogP contribution in [0.1, 0.15) is 58.4 Å².